The van der Waals surface area contributed by atoms with Crippen molar-refractivity contribution < 1.29 is 18.7 Å². The molecule has 0 saturated carbocycles. The number of amides is 1. The molecule has 1 fully saturated rings. The third-order valence-electron chi connectivity index (χ3n) is 3.76. The van der Waals surface area contributed by atoms with Gasteiger partial charge in [-0.2, -0.15) is 0 Å². The fraction of sp³-hybridized carbons (Fsp3) is 0.571. The Morgan fingerprint density at radius 3 is 2.47 bits per heavy atom. The molecular weight excluding hydrogens is 246 g/mol. The van der Waals surface area contributed by atoms with E-state index in [2.05, 4.69) is 0 Å². The highest BCUT2D eigenvalue weighted by Crippen LogP contribution is 2.26. The molecule has 1 amide bonds. The molecule has 0 aromatic carbocycles. The lowest BCUT2D eigenvalue weighted by atomic mass is 10.1. The number of likely N-dealkylation sites (tertiary alicyclic amines) is 1. The molecule has 1 aromatic rings. The van der Waals surface area contributed by atoms with Gasteiger partial charge < -0.3 is 14.1 Å². The summed E-state index contributed by atoms with van der Waals surface area (Å²) < 4.78 is 10.2. The van der Waals surface area contributed by atoms with E-state index in [0.29, 0.717) is 24.3 Å². The predicted octanol–water partition coefficient (Wildman–Crippen LogP) is 1.98. The Kier molecular flexibility index (Phi) is 3.64. The number of carbonyl (C=O) groups is 2. The molecule has 0 radical (unpaired) electrons. The van der Waals surface area contributed by atoms with Gasteiger partial charge >= 0.3 is 5.97 Å². The van der Waals surface area contributed by atoms with Crippen LogP contribution in [-0.4, -0.2) is 36.5 Å². The van der Waals surface area contributed by atoms with Gasteiger partial charge in [0.2, 0.25) is 0 Å². The van der Waals surface area contributed by atoms with E-state index in [1.807, 2.05) is 13.8 Å². The van der Waals surface area contributed by atoms with Crippen molar-refractivity contribution in [3.8, 4) is 0 Å². The highest BCUT2D eigenvalue weighted by molar-refractivity contribution is 5.99. The van der Waals surface area contributed by atoms with Crippen LogP contribution >= 0.6 is 0 Å². The first-order valence-corrected chi connectivity index (χ1v) is 6.42. The zero-order valence-electron chi connectivity index (χ0n) is 11.8. The molecule has 0 spiro atoms. The fourth-order valence-electron chi connectivity index (χ4n) is 2.64. The number of esters is 1. The van der Waals surface area contributed by atoms with E-state index in [4.69, 9.17) is 9.15 Å². The maximum atomic E-state index is 12.6. The second kappa shape index (κ2) is 5.07. The minimum absolute atomic E-state index is 0.139. The van der Waals surface area contributed by atoms with Crippen molar-refractivity contribution in [3.05, 3.63) is 22.6 Å². The number of aryl methyl sites for hydroxylation is 2. The van der Waals surface area contributed by atoms with E-state index < -0.39 is 6.04 Å². The van der Waals surface area contributed by atoms with Crippen molar-refractivity contribution in [2.45, 2.75) is 39.7 Å². The summed E-state index contributed by atoms with van der Waals surface area (Å²) in [6.07, 6.45) is 1.48. The highest BCUT2D eigenvalue weighted by Gasteiger charge is 2.37. The molecule has 2 heterocycles. The molecule has 0 N–H and O–H groups in total. The Labute approximate surface area is 112 Å². The van der Waals surface area contributed by atoms with Gasteiger partial charge in [0.1, 0.15) is 17.6 Å². The van der Waals surface area contributed by atoms with Crippen LogP contribution < -0.4 is 0 Å². The third-order valence-corrected chi connectivity index (χ3v) is 3.76. The zero-order chi connectivity index (χ0) is 14.2. The molecule has 1 saturated heterocycles. The van der Waals surface area contributed by atoms with Crippen molar-refractivity contribution in [2.24, 2.45) is 0 Å². The van der Waals surface area contributed by atoms with E-state index in [9.17, 15) is 9.59 Å². The van der Waals surface area contributed by atoms with Gasteiger partial charge in [-0.1, -0.05) is 0 Å². The summed E-state index contributed by atoms with van der Waals surface area (Å²) in [7, 11) is 1.35. The molecular formula is C14H19NO4. The summed E-state index contributed by atoms with van der Waals surface area (Å²) >= 11 is 0. The van der Waals surface area contributed by atoms with E-state index >= 15 is 0 Å². The minimum atomic E-state index is -0.466. The Balaban J connectivity index is 2.31. The van der Waals surface area contributed by atoms with E-state index in [-0.39, 0.29) is 11.9 Å². The number of hydrogen-bond donors (Lipinski definition) is 0. The van der Waals surface area contributed by atoms with Gasteiger partial charge in [0.15, 0.2) is 0 Å². The molecule has 0 aliphatic carbocycles. The summed E-state index contributed by atoms with van der Waals surface area (Å²) in [4.78, 5) is 25.9. The van der Waals surface area contributed by atoms with Crippen LogP contribution in [0.4, 0.5) is 0 Å². The Hall–Kier alpha value is -1.78. The molecule has 0 bridgehead atoms. The average Bonchev–Trinajstić information content (AvgIpc) is 2.94. The van der Waals surface area contributed by atoms with Crippen LogP contribution in [0.5, 0.6) is 0 Å². The molecule has 19 heavy (non-hydrogen) atoms. The molecule has 104 valence electrons. The first-order valence-electron chi connectivity index (χ1n) is 6.42. The lowest BCUT2D eigenvalue weighted by Gasteiger charge is -2.22. The normalized spacial score (nSPS) is 18.7. The smallest absolute Gasteiger partial charge is 0.328 e. The standard InChI is InChI=1S/C14H19NO4/c1-8-9(2)19-10(3)12(8)13(16)15-7-5-6-11(15)14(17)18-4/h11H,5-7H2,1-4H3. The Morgan fingerprint density at radius 1 is 1.26 bits per heavy atom. The number of hydrogen-bond acceptors (Lipinski definition) is 4. The summed E-state index contributed by atoms with van der Waals surface area (Å²) in [5.41, 5.74) is 1.42. The SMILES string of the molecule is COC(=O)C1CCCN1C(=O)c1c(C)oc(C)c1C. The number of ether oxygens (including phenoxy) is 1. The van der Waals surface area contributed by atoms with Crippen LogP contribution in [0.2, 0.25) is 0 Å². The number of furan rings is 1. The second-order valence-electron chi connectivity index (χ2n) is 4.89. The lowest BCUT2D eigenvalue weighted by molar-refractivity contribution is -0.145. The van der Waals surface area contributed by atoms with Crippen molar-refractivity contribution >= 4 is 11.9 Å². The number of methoxy groups -OCH3 is 1. The van der Waals surface area contributed by atoms with Crippen LogP contribution in [0.15, 0.2) is 4.42 Å². The minimum Gasteiger partial charge on any atom is -0.467 e. The predicted molar refractivity (Wildman–Crippen MR) is 69.0 cm³/mol. The van der Waals surface area contributed by atoms with E-state index in [0.717, 1.165) is 17.7 Å². The quantitative estimate of drug-likeness (QED) is 0.767. The van der Waals surface area contributed by atoms with Crippen LogP contribution in [-0.2, 0) is 9.53 Å². The van der Waals surface area contributed by atoms with Crippen molar-refractivity contribution in [3.63, 3.8) is 0 Å². The van der Waals surface area contributed by atoms with Crippen LogP contribution in [0.25, 0.3) is 0 Å². The molecule has 2 rings (SSSR count). The zero-order valence-corrected chi connectivity index (χ0v) is 11.8. The summed E-state index contributed by atoms with van der Waals surface area (Å²) in [6, 6.07) is -0.466. The first kappa shape index (κ1) is 13.6. The van der Waals surface area contributed by atoms with Gasteiger partial charge in [-0.25, -0.2) is 4.79 Å². The lowest BCUT2D eigenvalue weighted by Crippen LogP contribution is -2.41. The fourth-order valence-corrected chi connectivity index (χ4v) is 2.64. The van der Waals surface area contributed by atoms with E-state index in [1.54, 1.807) is 11.8 Å². The summed E-state index contributed by atoms with van der Waals surface area (Å²) in [6.45, 7) is 6.06. The summed E-state index contributed by atoms with van der Waals surface area (Å²) in [5, 5.41) is 0. The van der Waals surface area contributed by atoms with Crippen molar-refractivity contribution in [2.75, 3.05) is 13.7 Å². The maximum Gasteiger partial charge on any atom is 0.328 e. The third kappa shape index (κ3) is 2.25. The molecule has 5 nitrogen and oxygen atoms in total. The van der Waals surface area contributed by atoms with Crippen LogP contribution in [0, 0.1) is 20.8 Å². The Morgan fingerprint density at radius 2 is 1.95 bits per heavy atom. The molecule has 1 aliphatic rings. The molecule has 1 aliphatic heterocycles. The summed E-state index contributed by atoms with van der Waals surface area (Å²) in [5.74, 6) is 0.867. The van der Waals surface area contributed by atoms with Crippen molar-refractivity contribution in [1.82, 2.24) is 4.90 Å². The van der Waals surface area contributed by atoms with Gasteiger partial charge in [0, 0.05) is 12.1 Å². The van der Waals surface area contributed by atoms with Gasteiger partial charge in [-0.3, -0.25) is 4.79 Å². The van der Waals surface area contributed by atoms with Gasteiger partial charge in [-0.05, 0) is 33.6 Å². The first-order chi connectivity index (χ1) is 8.97. The van der Waals surface area contributed by atoms with Crippen LogP contribution in [0.1, 0.15) is 40.3 Å². The molecule has 5 heteroatoms. The average molecular weight is 265 g/mol. The Bertz CT molecular complexity index is 518. The van der Waals surface area contributed by atoms with Crippen LogP contribution in [0.3, 0.4) is 0 Å². The van der Waals surface area contributed by atoms with Crippen molar-refractivity contribution in [1.29, 1.82) is 0 Å². The number of nitrogens with zero attached hydrogens (tertiary/aromatic N) is 1. The van der Waals surface area contributed by atoms with Gasteiger partial charge in [0.05, 0.1) is 12.7 Å². The highest BCUT2D eigenvalue weighted by atomic mass is 16.5. The molecule has 1 aromatic heterocycles. The maximum absolute atomic E-state index is 12.6. The second-order valence-corrected chi connectivity index (χ2v) is 4.89. The monoisotopic (exact) mass is 265 g/mol. The topological polar surface area (TPSA) is 59.8 Å². The molecule has 1 atom stereocenters. The van der Waals surface area contributed by atoms with Gasteiger partial charge in [0.25, 0.3) is 5.91 Å². The van der Waals surface area contributed by atoms with Gasteiger partial charge in [-0.15, -0.1) is 0 Å². The number of carbonyl (C=O) groups excluding carboxylic acids is 2. The molecule has 1 unspecified atom stereocenters. The largest absolute Gasteiger partial charge is 0.467 e. The van der Waals surface area contributed by atoms with E-state index in [1.165, 1.54) is 7.11 Å². The number of rotatable bonds is 2.